The third-order valence-corrected chi connectivity index (χ3v) is 6.13. The lowest BCUT2D eigenvalue weighted by molar-refractivity contribution is 0.102. The highest BCUT2D eigenvalue weighted by atomic mass is 35.5. The molecule has 1 aromatic heterocycles. The van der Waals surface area contributed by atoms with Crippen LogP contribution in [0, 0.1) is 11.8 Å². The van der Waals surface area contributed by atoms with Crippen LogP contribution in [0.4, 0.5) is 11.5 Å². The lowest BCUT2D eigenvalue weighted by Gasteiger charge is -2.37. The van der Waals surface area contributed by atoms with E-state index in [1.807, 2.05) is 24.3 Å². The molecule has 1 amide bonds. The van der Waals surface area contributed by atoms with E-state index in [4.69, 9.17) is 11.6 Å². The van der Waals surface area contributed by atoms with Crippen molar-refractivity contribution < 1.29 is 4.79 Å². The van der Waals surface area contributed by atoms with E-state index in [1.54, 1.807) is 12.1 Å². The van der Waals surface area contributed by atoms with Crippen LogP contribution >= 0.6 is 11.6 Å². The Morgan fingerprint density at radius 1 is 1.17 bits per heavy atom. The molecule has 0 bridgehead atoms. The second-order valence-corrected chi connectivity index (χ2v) is 8.13. The number of carbonyl (C=O) groups is 1. The first-order chi connectivity index (χ1) is 14.1. The maximum Gasteiger partial charge on any atom is 0.258 e. The zero-order valence-corrected chi connectivity index (χ0v) is 18.0. The summed E-state index contributed by atoms with van der Waals surface area (Å²) in [7, 11) is 0. The van der Waals surface area contributed by atoms with E-state index in [2.05, 4.69) is 34.8 Å². The fourth-order valence-electron chi connectivity index (χ4n) is 4.24. The second kappa shape index (κ2) is 10.6. The topological polar surface area (TPSA) is 66.0 Å². The van der Waals surface area contributed by atoms with Gasteiger partial charge >= 0.3 is 0 Å². The number of nitrogens with zero attached hydrogens (tertiary/aromatic N) is 1. The Bertz CT molecular complexity index is 786. The molecular formula is C23H31ClN4O. The van der Waals surface area contributed by atoms with Crippen molar-refractivity contribution in [3.05, 3.63) is 53.2 Å². The predicted molar refractivity (Wildman–Crippen MR) is 121 cm³/mol. The predicted octanol–water partition coefficient (Wildman–Crippen LogP) is 5.20. The van der Waals surface area contributed by atoms with Crippen LogP contribution in [0.2, 0.25) is 5.02 Å². The molecule has 1 unspecified atom stereocenters. The number of pyridine rings is 1. The van der Waals surface area contributed by atoms with Gasteiger partial charge in [-0.25, -0.2) is 4.98 Å². The van der Waals surface area contributed by atoms with Crippen LogP contribution in [0.5, 0.6) is 0 Å². The van der Waals surface area contributed by atoms with Crippen LogP contribution in [0.1, 0.15) is 49.9 Å². The zero-order chi connectivity index (χ0) is 20.6. The minimum atomic E-state index is -0.170. The van der Waals surface area contributed by atoms with E-state index < -0.39 is 0 Å². The summed E-state index contributed by atoms with van der Waals surface area (Å²) >= 11 is 5.89. The molecule has 5 nitrogen and oxygen atoms in total. The van der Waals surface area contributed by atoms with Gasteiger partial charge in [0.25, 0.3) is 5.91 Å². The zero-order valence-electron chi connectivity index (χ0n) is 17.2. The maximum atomic E-state index is 13.0. The Labute approximate surface area is 178 Å². The molecule has 1 atom stereocenters. The SMILES string of the molecule is CCC(CC)C(Nc1ccccc1C(=O)Nc1ccc(Cl)cn1)C1CCNCC1. The average molecular weight is 415 g/mol. The van der Waals surface area contributed by atoms with E-state index in [1.165, 1.54) is 6.20 Å². The number of aromatic nitrogens is 1. The molecule has 0 spiro atoms. The minimum absolute atomic E-state index is 0.170. The van der Waals surface area contributed by atoms with Crippen molar-refractivity contribution in [1.82, 2.24) is 10.3 Å². The summed E-state index contributed by atoms with van der Waals surface area (Å²) < 4.78 is 0. The van der Waals surface area contributed by atoms with Crippen molar-refractivity contribution in [1.29, 1.82) is 0 Å². The molecule has 1 aliphatic rings. The lowest BCUT2D eigenvalue weighted by Crippen LogP contribution is -2.42. The number of halogens is 1. The number of hydrogen-bond donors (Lipinski definition) is 3. The molecule has 156 valence electrons. The highest BCUT2D eigenvalue weighted by Crippen LogP contribution is 2.30. The number of anilines is 2. The molecule has 2 aromatic rings. The molecule has 2 heterocycles. The number of para-hydroxylation sites is 1. The second-order valence-electron chi connectivity index (χ2n) is 7.70. The number of carbonyl (C=O) groups excluding carboxylic acids is 1. The van der Waals surface area contributed by atoms with E-state index in [0.29, 0.717) is 34.3 Å². The van der Waals surface area contributed by atoms with Crippen molar-refractivity contribution in [2.45, 2.75) is 45.6 Å². The van der Waals surface area contributed by atoms with Crippen LogP contribution < -0.4 is 16.0 Å². The monoisotopic (exact) mass is 414 g/mol. The Morgan fingerprint density at radius 3 is 2.55 bits per heavy atom. The smallest absolute Gasteiger partial charge is 0.258 e. The molecular weight excluding hydrogens is 384 g/mol. The van der Waals surface area contributed by atoms with Gasteiger partial charge in [0.1, 0.15) is 5.82 Å². The fourth-order valence-corrected chi connectivity index (χ4v) is 4.35. The van der Waals surface area contributed by atoms with Gasteiger partial charge in [0.2, 0.25) is 0 Å². The number of hydrogen-bond acceptors (Lipinski definition) is 4. The van der Waals surface area contributed by atoms with Gasteiger partial charge in [-0.1, -0.05) is 50.4 Å². The summed E-state index contributed by atoms with van der Waals surface area (Å²) in [6, 6.07) is 11.5. The quantitative estimate of drug-likeness (QED) is 0.555. The van der Waals surface area contributed by atoms with Gasteiger partial charge in [-0.2, -0.15) is 0 Å². The van der Waals surface area contributed by atoms with Crippen molar-refractivity contribution in [3.63, 3.8) is 0 Å². The molecule has 1 aromatic carbocycles. The number of amides is 1. The molecule has 29 heavy (non-hydrogen) atoms. The van der Waals surface area contributed by atoms with Crippen LogP contribution in [0.15, 0.2) is 42.6 Å². The van der Waals surface area contributed by atoms with Crippen LogP contribution in [0.3, 0.4) is 0 Å². The molecule has 1 aliphatic heterocycles. The molecule has 0 aliphatic carbocycles. The van der Waals surface area contributed by atoms with Gasteiger partial charge in [-0.3, -0.25) is 4.79 Å². The van der Waals surface area contributed by atoms with Gasteiger partial charge in [-0.05, 0) is 62.0 Å². The van der Waals surface area contributed by atoms with Crippen LogP contribution in [-0.2, 0) is 0 Å². The minimum Gasteiger partial charge on any atom is -0.381 e. The van der Waals surface area contributed by atoms with Crippen LogP contribution in [-0.4, -0.2) is 30.0 Å². The fraction of sp³-hybridized carbons (Fsp3) is 0.478. The number of rotatable bonds is 8. The largest absolute Gasteiger partial charge is 0.381 e. The van der Waals surface area contributed by atoms with E-state index in [-0.39, 0.29) is 5.91 Å². The third-order valence-electron chi connectivity index (χ3n) is 5.91. The molecule has 0 saturated carbocycles. The Kier molecular flexibility index (Phi) is 7.90. The summed E-state index contributed by atoms with van der Waals surface area (Å²) in [4.78, 5) is 17.1. The van der Waals surface area contributed by atoms with E-state index >= 15 is 0 Å². The van der Waals surface area contributed by atoms with Crippen molar-refractivity contribution in [2.75, 3.05) is 23.7 Å². The molecule has 0 radical (unpaired) electrons. The summed E-state index contributed by atoms with van der Waals surface area (Å²) in [6.45, 7) is 6.64. The summed E-state index contributed by atoms with van der Waals surface area (Å²) in [6.07, 6.45) is 6.11. The molecule has 1 fully saturated rings. The van der Waals surface area contributed by atoms with Gasteiger partial charge in [0.15, 0.2) is 0 Å². The highest BCUT2D eigenvalue weighted by Gasteiger charge is 2.29. The summed E-state index contributed by atoms with van der Waals surface area (Å²) in [5.74, 6) is 1.50. The number of benzene rings is 1. The number of nitrogens with one attached hydrogen (secondary N) is 3. The van der Waals surface area contributed by atoms with Crippen molar-refractivity contribution >= 4 is 29.0 Å². The maximum absolute atomic E-state index is 13.0. The van der Waals surface area contributed by atoms with Gasteiger partial charge in [0, 0.05) is 17.9 Å². The van der Waals surface area contributed by atoms with Gasteiger partial charge < -0.3 is 16.0 Å². The summed E-state index contributed by atoms with van der Waals surface area (Å²) in [5.41, 5.74) is 1.52. The molecule has 6 heteroatoms. The van der Waals surface area contributed by atoms with E-state index in [9.17, 15) is 4.79 Å². The Balaban J connectivity index is 1.81. The molecule has 3 N–H and O–H groups in total. The lowest BCUT2D eigenvalue weighted by atomic mass is 9.80. The Morgan fingerprint density at radius 2 is 1.90 bits per heavy atom. The van der Waals surface area contributed by atoms with Crippen LogP contribution in [0.25, 0.3) is 0 Å². The number of piperidine rings is 1. The first-order valence-corrected chi connectivity index (χ1v) is 11.0. The first kappa shape index (κ1) is 21.6. The highest BCUT2D eigenvalue weighted by molar-refractivity contribution is 6.30. The Hall–Kier alpha value is -2.11. The van der Waals surface area contributed by atoms with Crippen molar-refractivity contribution in [2.24, 2.45) is 11.8 Å². The first-order valence-electron chi connectivity index (χ1n) is 10.6. The summed E-state index contributed by atoms with van der Waals surface area (Å²) in [5, 5.41) is 10.6. The van der Waals surface area contributed by atoms with E-state index in [0.717, 1.165) is 44.5 Å². The van der Waals surface area contributed by atoms with Crippen molar-refractivity contribution in [3.8, 4) is 0 Å². The average Bonchev–Trinajstić information content (AvgIpc) is 2.76. The van der Waals surface area contributed by atoms with Gasteiger partial charge in [0.05, 0.1) is 10.6 Å². The molecule has 1 saturated heterocycles. The normalized spacial score (nSPS) is 15.9. The molecule has 3 rings (SSSR count). The standard InChI is InChI=1S/C23H31ClN4O/c1-3-16(4-2)22(17-11-13-25-14-12-17)27-20-8-6-5-7-19(20)23(29)28-21-10-9-18(24)15-26-21/h5-10,15-17,22,25,27H,3-4,11-14H2,1-2H3,(H,26,28,29). The van der Waals surface area contributed by atoms with Gasteiger partial charge in [-0.15, -0.1) is 0 Å². The third kappa shape index (κ3) is 5.71.